The molecule has 0 radical (unpaired) electrons. The van der Waals surface area contributed by atoms with E-state index in [-0.39, 0.29) is 24.0 Å². The zero-order valence-electron chi connectivity index (χ0n) is 18.8. The lowest BCUT2D eigenvalue weighted by atomic mass is 10.1. The molecule has 1 aliphatic rings. The fourth-order valence-corrected chi connectivity index (χ4v) is 4.02. The maximum absolute atomic E-state index is 13.0. The Morgan fingerprint density at radius 3 is 2.42 bits per heavy atom. The van der Waals surface area contributed by atoms with Crippen molar-refractivity contribution < 1.29 is 19.1 Å². The number of benzene rings is 2. The highest BCUT2D eigenvalue weighted by atomic mass is 16.5. The molecule has 1 saturated heterocycles. The summed E-state index contributed by atoms with van der Waals surface area (Å²) in [6.45, 7) is 8.41. The summed E-state index contributed by atoms with van der Waals surface area (Å²) in [5, 5.41) is 3.02. The van der Waals surface area contributed by atoms with Gasteiger partial charge in [0, 0.05) is 31.4 Å². The summed E-state index contributed by atoms with van der Waals surface area (Å²) in [4.78, 5) is 29.1. The number of aryl methyl sites for hydroxylation is 1. The van der Waals surface area contributed by atoms with Crippen LogP contribution in [-0.4, -0.2) is 62.7 Å². The average Bonchev–Trinajstić information content (AvgIpc) is 2.78. The van der Waals surface area contributed by atoms with Gasteiger partial charge in [-0.05, 0) is 62.7 Å². The Balaban J connectivity index is 1.63. The van der Waals surface area contributed by atoms with Crippen molar-refractivity contribution in [3.63, 3.8) is 0 Å². The zero-order valence-corrected chi connectivity index (χ0v) is 18.8. The number of methoxy groups -OCH3 is 2. The van der Waals surface area contributed by atoms with Crippen LogP contribution >= 0.6 is 0 Å². The third kappa shape index (κ3) is 5.17. The van der Waals surface area contributed by atoms with Crippen molar-refractivity contribution in [2.75, 3.05) is 44.1 Å². The second kappa shape index (κ2) is 9.83. The van der Waals surface area contributed by atoms with Gasteiger partial charge >= 0.3 is 5.97 Å². The molecule has 166 valence electrons. The molecule has 7 nitrogen and oxygen atoms in total. The van der Waals surface area contributed by atoms with Gasteiger partial charge in [-0.15, -0.1) is 0 Å². The monoisotopic (exact) mass is 425 g/mol. The summed E-state index contributed by atoms with van der Waals surface area (Å²) < 4.78 is 10.1. The number of hydrogen-bond acceptors (Lipinski definition) is 6. The number of nitrogens with one attached hydrogen (secondary N) is 1. The first-order chi connectivity index (χ1) is 14.8. The molecular formula is C24H31N3O4. The van der Waals surface area contributed by atoms with Gasteiger partial charge in [-0.2, -0.15) is 0 Å². The summed E-state index contributed by atoms with van der Waals surface area (Å²) in [5.41, 5.74) is 3.34. The Morgan fingerprint density at radius 2 is 1.81 bits per heavy atom. The lowest BCUT2D eigenvalue weighted by Crippen LogP contribution is -2.57. The molecule has 2 aromatic rings. The lowest BCUT2D eigenvalue weighted by Gasteiger charge is -2.43. The van der Waals surface area contributed by atoms with E-state index < -0.39 is 0 Å². The van der Waals surface area contributed by atoms with Gasteiger partial charge in [-0.1, -0.05) is 6.07 Å². The smallest absolute Gasteiger partial charge is 0.337 e. The average molecular weight is 426 g/mol. The number of amides is 1. The van der Waals surface area contributed by atoms with Crippen molar-refractivity contribution in [2.45, 2.75) is 32.9 Å². The van der Waals surface area contributed by atoms with Crippen molar-refractivity contribution in [3.8, 4) is 5.75 Å². The third-order valence-electron chi connectivity index (χ3n) is 5.82. The largest absolute Gasteiger partial charge is 0.495 e. The van der Waals surface area contributed by atoms with Gasteiger partial charge in [-0.25, -0.2) is 4.79 Å². The van der Waals surface area contributed by atoms with Crippen LogP contribution in [0.5, 0.6) is 5.75 Å². The Morgan fingerprint density at radius 1 is 1.10 bits per heavy atom. The molecule has 0 aliphatic carbocycles. The van der Waals surface area contributed by atoms with Gasteiger partial charge in [0.15, 0.2) is 0 Å². The number of ether oxygens (including phenoxy) is 2. The molecule has 0 saturated carbocycles. The first kappa shape index (κ1) is 22.6. The molecule has 0 spiro atoms. The summed E-state index contributed by atoms with van der Waals surface area (Å²) in [5.74, 6) is 0.265. The Bertz CT molecular complexity index is 929. The second-order valence-electron chi connectivity index (χ2n) is 7.94. The Kier molecular flexibility index (Phi) is 7.17. The summed E-state index contributed by atoms with van der Waals surface area (Å²) in [6.07, 6.45) is 0. The van der Waals surface area contributed by atoms with E-state index in [0.717, 1.165) is 30.9 Å². The van der Waals surface area contributed by atoms with Crippen LogP contribution in [0, 0.1) is 6.92 Å². The molecule has 0 aromatic heterocycles. The number of hydrogen-bond donors (Lipinski definition) is 1. The Labute approximate surface area is 183 Å². The number of nitrogens with zero attached hydrogens (tertiary/aromatic N) is 2. The summed E-state index contributed by atoms with van der Waals surface area (Å²) >= 11 is 0. The molecule has 2 aromatic carbocycles. The van der Waals surface area contributed by atoms with Crippen molar-refractivity contribution in [3.05, 3.63) is 53.6 Å². The van der Waals surface area contributed by atoms with Gasteiger partial charge in [0.2, 0.25) is 5.91 Å². The van der Waals surface area contributed by atoms with Gasteiger partial charge in [0.1, 0.15) is 5.75 Å². The molecule has 2 atom stereocenters. The molecule has 1 aliphatic heterocycles. The van der Waals surface area contributed by atoms with Crippen molar-refractivity contribution in [1.29, 1.82) is 0 Å². The molecule has 1 amide bonds. The van der Waals surface area contributed by atoms with E-state index in [9.17, 15) is 9.59 Å². The van der Waals surface area contributed by atoms with E-state index in [2.05, 4.69) is 22.0 Å². The van der Waals surface area contributed by atoms with Crippen LogP contribution < -0.4 is 15.0 Å². The normalized spacial score (nSPS) is 17.7. The predicted octanol–water partition coefficient (Wildman–Crippen LogP) is 3.33. The van der Waals surface area contributed by atoms with Crippen LogP contribution in [0.4, 0.5) is 11.4 Å². The number of piperazine rings is 1. The molecule has 2 unspecified atom stereocenters. The van der Waals surface area contributed by atoms with E-state index in [1.807, 2.05) is 44.2 Å². The molecule has 3 rings (SSSR count). The van der Waals surface area contributed by atoms with Crippen LogP contribution in [0.15, 0.2) is 42.5 Å². The van der Waals surface area contributed by atoms with Gasteiger partial charge in [0.25, 0.3) is 0 Å². The minimum atomic E-state index is -0.338. The molecule has 1 N–H and O–H groups in total. The number of carbonyl (C=O) groups excluding carboxylic acids is 2. The number of carbonyl (C=O) groups is 2. The number of anilines is 2. The molecule has 31 heavy (non-hydrogen) atoms. The van der Waals surface area contributed by atoms with Gasteiger partial charge < -0.3 is 19.7 Å². The first-order valence-electron chi connectivity index (χ1n) is 10.5. The van der Waals surface area contributed by atoms with Gasteiger partial charge in [-0.3, -0.25) is 9.69 Å². The highest BCUT2D eigenvalue weighted by molar-refractivity contribution is 5.96. The van der Waals surface area contributed by atoms with Crippen molar-refractivity contribution in [2.24, 2.45) is 0 Å². The first-order valence-corrected chi connectivity index (χ1v) is 10.5. The van der Waals surface area contributed by atoms with E-state index in [0.29, 0.717) is 17.0 Å². The maximum Gasteiger partial charge on any atom is 0.337 e. The summed E-state index contributed by atoms with van der Waals surface area (Å²) in [6, 6.07) is 13.1. The summed E-state index contributed by atoms with van der Waals surface area (Å²) in [7, 11) is 2.98. The minimum Gasteiger partial charge on any atom is -0.495 e. The molecule has 1 fully saturated rings. The fraction of sp³-hybridized carbons (Fsp3) is 0.417. The third-order valence-corrected chi connectivity index (χ3v) is 5.82. The van der Waals surface area contributed by atoms with Gasteiger partial charge in [0.05, 0.1) is 31.5 Å². The topological polar surface area (TPSA) is 71.1 Å². The van der Waals surface area contributed by atoms with Crippen LogP contribution in [0.3, 0.4) is 0 Å². The lowest BCUT2D eigenvalue weighted by molar-refractivity contribution is -0.121. The molecule has 7 heteroatoms. The van der Waals surface area contributed by atoms with E-state index in [1.54, 1.807) is 19.2 Å². The predicted molar refractivity (Wildman–Crippen MR) is 122 cm³/mol. The van der Waals surface area contributed by atoms with Crippen molar-refractivity contribution >= 4 is 23.3 Å². The maximum atomic E-state index is 13.0. The van der Waals surface area contributed by atoms with Crippen LogP contribution in [0.1, 0.15) is 29.8 Å². The number of rotatable bonds is 6. The van der Waals surface area contributed by atoms with Crippen LogP contribution in [0.25, 0.3) is 0 Å². The van der Waals surface area contributed by atoms with E-state index in [4.69, 9.17) is 9.47 Å². The van der Waals surface area contributed by atoms with E-state index in [1.165, 1.54) is 7.11 Å². The molecule has 1 heterocycles. The van der Waals surface area contributed by atoms with Crippen molar-refractivity contribution in [1.82, 2.24) is 4.90 Å². The number of esters is 1. The highest BCUT2D eigenvalue weighted by Crippen LogP contribution is 2.26. The Hall–Kier alpha value is -3.06. The minimum absolute atomic E-state index is 0.0494. The second-order valence-corrected chi connectivity index (χ2v) is 7.94. The van der Waals surface area contributed by atoms with E-state index >= 15 is 0 Å². The zero-order chi connectivity index (χ0) is 22.5. The fourth-order valence-electron chi connectivity index (χ4n) is 4.02. The quantitative estimate of drug-likeness (QED) is 0.716. The molecule has 0 bridgehead atoms. The SMILES string of the molecule is COC(=O)c1ccc(N2CCN(C(C)C(=O)Nc3cc(C)ccc3OC)C(C)C2)cc1. The van der Waals surface area contributed by atoms with Crippen LogP contribution in [-0.2, 0) is 9.53 Å². The molecular weight excluding hydrogens is 394 g/mol. The standard InChI is InChI=1S/C24H31N3O4/c1-16-6-11-22(30-4)21(14-16)25-23(28)18(3)27-13-12-26(15-17(27)2)20-9-7-19(8-10-20)24(29)31-5/h6-11,14,17-18H,12-13,15H2,1-5H3,(H,25,28). The highest BCUT2D eigenvalue weighted by Gasteiger charge is 2.31. The van der Waals surface area contributed by atoms with Crippen LogP contribution in [0.2, 0.25) is 0 Å².